The first-order valence-electron chi connectivity index (χ1n) is 8.80. The zero-order valence-electron chi connectivity index (χ0n) is 13.9. The Hall–Kier alpha value is -0.340. The molecule has 0 saturated heterocycles. The maximum atomic E-state index is 3.85. The molecule has 1 saturated carbocycles. The fourth-order valence-corrected chi connectivity index (χ4v) is 4.33. The highest BCUT2D eigenvalue weighted by atomic mass is 15.2. The maximum Gasteiger partial charge on any atom is 0.0466 e. The van der Waals surface area contributed by atoms with Crippen LogP contribution in [0.5, 0.6) is 0 Å². The van der Waals surface area contributed by atoms with Crippen LogP contribution in [0, 0.1) is 0 Å². The van der Waals surface area contributed by atoms with Gasteiger partial charge in [-0.25, -0.2) is 0 Å². The van der Waals surface area contributed by atoms with Crippen molar-refractivity contribution < 1.29 is 0 Å². The Morgan fingerprint density at radius 2 is 1.80 bits per heavy atom. The molecule has 1 unspecified atom stereocenters. The molecule has 2 rings (SSSR count). The van der Waals surface area contributed by atoms with Gasteiger partial charge in [0.1, 0.15) is 0 Å². The van der Waals surface area contributed by atoms with Gasteiger partial charge in [0.25, 0.3) is 0 Å². The van der Waals surface area contributed by atoms with Gasteiger partial charge < -0.3 is 10.2 Å². The molecule has 0 amide bonds. The smallest absolute Gasteiger partial charge is 0.0466 e. The van der Waals surface area contributed by atoms with Gasteiger partial charge in [-0.15, -0.1) is 0 Å². The van der Waals surface area contributed by atoms with Gasteiger partial charge in [-0.1, -0.05) is 44.3 Å². The second kappa shape index (κ2) is 7.61. The van der Waals surface area contributed by atoms with Crippen LogP contribution in [0.1, 0.15) is 71.1 Å². The van der Waals surface area contributed by atoms with Gasteiger partial charge in [0, 0.05) is 11.6 Å². The number of nitrogens with one attached hydrogen (secondary N) is 1. The molecule has 1 N–H and O–H groups in total. The molecule has 1 fully saturated rings. The molecule has 0 aromatic heterocycles. The first-order chi connectivity index (χ1) is 9.70. The van der Waals surface area contributed by atoms with E-state index in [0.29, 0.717) is 11.6 Å². The van der Waals surface area contributed by atoms with Crippen molar-refractivity contribution in [2.75, 3.05) is 20.6 Å². The molecule has 2 aliphatic carbocycles. The quantitative estimate of drug-likeness (QED) is 0.761. The van der Waals surface area contributed by atoms with Crippen LogP contribution in [-0.4, -0.2) is 37.1 Å². The molecule has 20 heavy (non-hydrogen) atoms. The van der Waals surface area contributed by atoms with E-state index in [1.165, 1.54) is 64.2 Å². The summed E-state index contributed by atoms with van der Waals surface area (Å²) in [5, 5.41) is 3.85. The standard InChI is InChI=1S/C18H34N2/c1-4-19-17(16-12-8-6-5-7-9-13-16)18(20(2)3)14-10-11-15-18/h12,17,19H,4-11,13-15H2,1-3H3. The Balaban J connectivity index is 2.23. The van der Waals surface area contributed by atoms with Gasteiger partial charge in [-0.05, 0) is 59.2 Å². The molecule has 116 valence electrons. The van der Waals surface area contributed by atoms with Crippen LogP contribution in [-0.2, 0) is 0 Å². The molecule has 0 heterocycles. The summed E-state index contributed by atoms with van der Waals surface area (Å²) in [6.45, 7) is 3.34. The molecule has 2 heteroatoms. The summed E-state index contributed by atoms with van der Waals surface area (Å²) in [6, 6.07) is 0.572. The fourth-order valence-electron chi connectivity index (χ4n) is 4.33. The van der Waals surface area contributed by atoms with Crippen molar-refractivity contribution in [2.24, 2.45) is 0 Å². The summed E-state index contributed by atoms with van der Waals surface area (Å²) in [5.74, 6) is 0. The minimum Gasteiger partial charge on any atom is -0.309 e. The van der Waals surface area contributed by atoms with Crippen molar-refractivity contribution in [3.63, 3.8) is 0 Å². The molecule has 2 nitrogen and oxygen atoms in total. The van der Waals surface area contributed by atoms with Gasteiger partial charge in [0.05, 0.1) is 0 Å². The predicted octanol–water partition coefficient (Wildman–Crippen LogP) is 4.12. The van der Waals surface area contributed by atoms with Crippen LogP contribution in [0.2, 0.25) is 0 Å². The summed E-state index contributed by atoms with van der Waals surface area (Å²) in [4.78, 5) is 2.52. The SMILES string of the molecule is CCNC(C1=CCCCCCC1)C1(N(C)C)CCCC1. The molecule has 1 atom stereocenters. The highest BCUT2D eigenvalue weighted by Crippen LogP contribution is 2.40. The van der Waals surface area contributed by atoms with E-state index in [9.17, 15) is 0 Å². The van der Waals surface area contributed by atoms with E-state index in [4.69, 9.17) is 0 Å². The van der Waals surface area contributed by atoms with Crippen molar-refractivity contribution >= 4 is 0 Å². The predicted molar refractivity (Wildman–Crippen MR) is 88.1 cm³/mol. The minimum atomic E-state index is 0.362. The van der Waals surface area contributed by atoms with E-state index in [1.807, 2.05) is 0 Å². The van der Waals surface area contributed by atoms with Gasteiger partial charge in [0.2, 0.25) is 0 Å². The van der Waals surface area contributed by atoms with E-state index in [2.05, 4.69) is 37.3 Å². The lowest BCUT2D eigenvalue weighted by atomic mass is 9.79. The van der Waals surface area contributed by atoms with Crippen molar-refractivity contribution in [3.8, 4) is 0 Å². The van der Waals surface area contributed by atoms with Crippen LogP contribution in [0.3, 0.4) is 0 Å². The van der Waals surface area contributed by atoms with Gasteiger partial charge in [-0.2, -0.15) is 0 Å². The molecule has 0 aliphatic heterocycles. The number of allylic oxidation sites excluding steroid dienone is 1. The van der Waals surface area contributed by atoms with E-state index in [-0.39, 0.29) is 0 Å². The lowest BCUT2D eigenvalue weighted by molar-refractivity contribution is 0.118. The molecule has 2 aliphatic rings. The van der Waals surface area contributed by atoms with Crippen LogP contribution < -0.4 is 5.32 Å². The zero-order chi connectivity index (χ0) is 14.4. The highest BCUT2D eigenvalue weighted by molar-refractivity contribution is 5.21. The highest BCUT2D eigenvalue weighted by Gasteiger charge is 2.44. The van der Waals surface area contributed by atoms with Gasteiger partial charge >= 0.3 is 0 Å². The average Bonchev–Trinajstić information content (AvgIpc) is 2.87. The first kappa shape index (κ1) is 16.0. The zero-order valence-corrected chi connectivity index (χ0v) is 13.9. The van der Waals surface area contributed by atoms with Gasteiger partial charge in [0.15, 0.2) is 0 Å². The van der Waals surface area contributed by atoms with E-state index >= 15 is 0 Å². The molecule has 0 bridgehead atoms. The number of hydrogen-bond donors (Lipinski definition) is 1. The minimum absolute atomic E-state index is 0.362. The topological polar surface area (TPSA) is 15.3 Å². The Kier molecular flexibility index (Phi) is 6.10. The first-order valence-corrected chi connectivity index (χ1v) is 8.80. The van der Waals surface area contributed by atoms with E-state index in [0.717, 1.165) is 6.54 Å². The summed E-state index contributed by atoms with van der Waals surface area (Å²) < 4.78 is 0. The molecule has 0 aromatic carbocycles. The van der Waals surface area contributed by atoms with Crippen molar-refractivity contribution in [3.05, 3.63) is 11.6 Å². The third-order valence-electron chi connectivity index (χ3n) is 5.50. The number of rotatable bonds is 5. The third kappa shape index (κ3) is 3.46. The fraction of sp³-hybridized carbons (Fsp3) is 0.889. The molecular formula is C18H34N2. The molecule has 0 radical (unpaired) electrons. The third-order valence-corrected chi connectivity index (χ3v) is 5.50. The second-order valence-electron chi connectivity index (χ2n) is 6.93. The lowest BCUT2D eigenvalue weighted by Crippen LogP contribution is -2.58. The van der Waals surface area contributed by atoms with Crippen LogP contribution >= 0.6 is 0 Å². The lowest BCUT2D eigenvalue weighted by Gasteiger charge is -2.45. The van der Waals surface area contributed by atoms with Crippen LogP contribution in [0.25, 0.3) is 0 Å². The average molecular weight is 278 g/mol. The molecular weight excluding hydrogens is 244 g/mol. The summed E-state index contributed by atoms with van der Waals surface area (Å²) in [6.07, 6.45) is 16.3. The van der Waals surface area contributed by atoms with Crippen molar-refractivity contribution in [1.82, 2.24) is 10.2 Å². The van der Waals surface area contributed by atoms with E-state index < -0.39 is 0 Å². The van der Waals surface area contributed by atoms with Crippen LogP contribution in [0.15, 0.2) is 11.6 Å². The van der Waals surface area contributed by atoms with Crippen LogP contribution in [0.4, 0.5) is 0 Å². The Bertz CT molecular complexity index is 313. The van der Waals surface area contributed by atoms with Crippen molar-refractivity contribution in [1.29, 1.82) is 0 Å². The molecule has 0 aromatic rings. The normalized spacial score (nSPS) is 25.1. The number of nitrogens with zero attached hydrogens (tertiary/aromatic N) is 1. The number of hydrogen-bond acceptors (Lipinski definition) is 2. The Morgan fingerprint density at radius 1 is 1.10 bits per heavy atom. The summed E-state index contributed by atoms with van der Waals surface area (Å²) in [7, 11) is 4.58. The Morgan fingerprint density at radius 3 is 2.45 bits per heavy atom. The summed E-state index contributed by atoms with van der Waals surface area (Å²) in [5.41, 5.74) is 2.07. The van der Waals surface area contributed by atoms with E-state index in [1.54, 1.807) is 5.57 Å². The summed E-state index contributed by atoms with van der Waals surface area (Å²) >= 11 is 0. The van der Waals surface area contributed by atoms with Gasteiger partial charge in [-0.3, -0.25) is 0 Å². The number of likely N-dealkylation sites (N-methyl/N-ethyl adjacent to an activating group) is 2. The maximum absolute atomic E-state index is 3.85. The second-order valence-corrected chi connectivity index (χ2v) is 6.93. The molecule has 0 spiro atoms. The Labute approximate surface area is 126 Å². The van der Waals surface area contributed by atoms with Crippen molar-refractivity contribution in [2.45, 2.75) is 82.7 Å². The monoisotopic (exact) mass is 278 g/mol. The largest absolute Gasteiger partial charge is 0.309 e.